The van der Waals surface area contributed by atoms with E-state index in [2.05, 4.69) is 241 Å². The number of hydrogen-bond acceptors (Lipinski definition) is 4. The first-order chi connectivity index (χ1) is 34.2. The Balaban J connectivity index is 1.05. The minimum Gasteiger partial charge on any atom is -0.456 e. The van der Waals surface area contributed by atoms with Gasteiger partial charge in [-0.15, -0.1) is 0 Å². The van der Waals surface area contributed by atoms with E-state index in [0.717, 1.165) is 66.5 Å². The molecule has 10 aromatic carbocycles. The van der Waals surface area contributed by atoms with Gasteiger partial charge in [0.05, 0.1) is 16.7 Å². The van der Waals surface area contributed by atoms with Crippen LogP contribution in [0.3, 0.4) is 0 Å². The Hall–Kier alpha value is -8.97. The summed E-state index contributed by atoms with van der Waals surface area (Å²) in [6.45, 7) is 0. The van der Waals surface area contributed by atoms with E-state index >= 15 is 0 Å². The van der Waals surface area contributed by atoms with Gasteiger partial charge in [0.25, 0.3) is 0 Å². The van der Waals surface area contributed by atoms with Crippen LogP contribution in [0, 0.1) is 0 Å². The summed E-state index contributed by atoms with van der Waals surface area (Å²) in [7, 11) is -2.78. The van der Waals surface area contributed by atoms with Crippen molar-refractivity contribution in [1.29, 1.82) is 0 Å². The quantitative estimate of drug-likeness (QED) is 0.107. The minimum absolute atomic E-state index is 0.582. The number of hydrogen-bond donors (Lipinski definition) is 0. The third-order valence-corrected chi connectivity index (χ3v) is 18.5. The first-order valence-electron chi connectivity index (χ1n) is 23.4. The van der Waals surface area contributed by atoms with Crippen LogP contribution >= 0.6 is 0 Å². The van der Waals surface area contributed by atoms with E-state index in [-0.39, 0.29) is 0 Å². The third-order valence-electron chi connectivity index (χ3n) is 13.7. The number of furan rings is 1. The summed E-state index contributed by atoms with van der Waals surface area (Å²) in [4.78, 5) is 16.3. The molecule has 5 nitrogen and oxygen atoms in total. The molecule has 0 bridgehead atoms. The van der Waals surface area contributed by atoms with Crippen LogP contribution in [0.15, 0.2) is 259 Å². The molecule has 69 heavy (non-hydrogen) atoms. The van der Waals surface area contributed by atoms with E-state index in [1.165, 1.54) is 31.5 Å². The average molecular weight is 899 g/mol. The first kappa shape index (κ1) is 40.3. The van der Waals surface area contributed by atoms with Gasteiger partial charge in [-0.25, -0.2) is 15.0 Å². The van der Waals surface area contributed by atoms with Crippen molar-refractivity contribution < 1.29 is 4.42 Å². The Morgan fingerprint density at radius 1 is 0.304 bits per heavy atom. The summed E-state index contributed by atoms with van der Waals surface area (Å²) < 4.78 is 8.75. The SMILES string of the molecule is c1ccc([Si](c2ccccc2)(c2ccccc2)c2ccc(-c3nc(-c4ccccc4-c4cccc5oc6ccccc6c45)nc(-c4ccccc4-n4c5ccccc5c5ccccc54)n3)cc2)cc1. The molecule has 0 spiro atoms. The zero-order chi connectivity index (χ0) is 45.7. The summed E-state index contributed by atoms with van der Waals surface area (Å²) in [5, 5.41) is 9.73. The van der Waals surface area contributed by atoms with Gasteiger partial charge in [-0.2, -0.15) is 0 Å². The van der Waals surface area contributed by atoms with Gasteiger partial charge in [0, 0.05) is 38.2 Å². The number of para-hydroxylation sites is 4. The highest BCUT2D eigenvalue weighted by atomic mass is 28.3. The van der Waals surface area contributed by atoms with Gasteiger partial charge in [-0.05, 0) is 68.3 Å². The van der Waals surface area contributed by atoms with Gasteiger partial charge >= 0.3 is 0 Å². The van der Waals surface area contributed by atoms with Crippen LogP contribution in [0.5, 0.6) is 0 Å². The van der Waals surface area contributed by atoms with Crippen molar-refractivity contribution in [2.75, 3.05) is 0 Å². The molecular weight excluding hydrogens is 857 g/mol. The molecule has 3 heterocycles. The predicted octanol–water partition coefficient (Wildman–Crippen LogP) is 12.9. The Morgan fingerprint density at radius 2 is 0.739 bits per heavy atom. The van der Waals surface area contributed by atoms with Crippen LogP contribution < -0.4 is 20.7 Å². The maximum atomic E-state index is 6.40. The molecule has 0 aliphatic heterocycles. The lowest BCUT2D eigenvalue weighted by Gasteiger charge is -2.34. The van der Waals surface area contributed by atoms with Crippen molar-refractivity contribution in [2.45, 2.75) is 0 Å². The summed E-state index contributed by atoms with van der Waals surface area (Å²) in [5.41, 5.74) is 9.66. The van der Waals surface area contributed by atoms with Crippen LogP contribution in [0.25, 0.3) is 94.7 Å². The molecule has 0 radical (unpaired) electrons. The maximum Gasteiger partial charge on any atom is 0.179 e. The summed E-state index contributed by atoms with van der Waals surface area (Å²) in [5.74, 6) is 1.75. The predicted molar refractivity (Wildman–Crippen MR) is 287 cm³/mol. The monoisotopic (exact) mass is 898 g/mol. The molecule has 324 valence electrons. The topological polar surface area (TPSA) is 56.7 Å². The number of nitrogens with zero attached hydrogens (tertiary/aromatic N) is 4. The van der Waals surface area contributed by atoms with Crippen LogP contribution in [0.1, 0.15) is 0 Å². The highest BCUT2D eigenvalue weighted by Gasteiger charge is 2.41. The van der Waals surface area contributed by atoms with Crippen molar-refractivity contribution in [3.63, 3.8) is 0 Å². The molecule has 0 amide bonds. The molecule has 13 rings (SSSR count). The second-order valence-electron chi connectivity index (χ2n) is 17.4. The molecule has 3 aromatic heterocycles. The lowest BCUT2D eigenvalue weighted by Crippen LogP contribution is -2.74. The van der Waals surface area contributed by atoms with Crippen LogP contribution in [-0.4, -0.2) is 27.6 Å². The number of fused-ring (bicyclic) bond motifs is 6. The van der Waals surface area contributed by atoms with Crippen LogP contribution in [0.4, 0.5) is 0 Å². The Bertz CT molecular complexity index is 3860. The number of aromatic nitrogens is 4. The lowest BCUT2D eigenvalue weighted by molar-refractivity contribution is 0.669. The van der Waals surface area contributed by atoms with E-state index < -0.39 is 8.07 Å². The highest BCUT2D eigenvalue weighted by molar-refractivity contribution is 7.19. The number of rotatable bonds is 9. The van der Waals surface area contributed by atoms with Gasteiger partial charge in [0.1, 0.15) is 11.2 Å². The molecule has 0 aliphatic carbocycles. The molecule has 13 aromatic rings. The first-order valence-corrected chi connectivity index (χ1v) is 25.4. The van der Waals surface area contributed by atoms with E-state index in [1.807, 2.05) is 18.2 Å². The van der Waals surface area contributed by atoms with Crippen LogP contribution in [-0.2, 0) is 0 Å². The molecule has 0 fully saturated rings. The number of benzene rings is 10. The highest BCUT2D eigenvalue weighted by Crippen LogP contribution is 2.41. The third kappa shape index (κ3) is 6.64. The van der Waals surface area contributed by atoms with Gasteiger partial charge in [0.2, 0.25) is 0 Å². The minimum atomic E-state index is -2.78. The molecule has 0 atom stereocenters. The standard InChI is InChI=1S/C63H42N4OSi/c1-4-21-44(22-5-1)69(45-23-6-2-7-24-45,46-25-8-3-9-26-46)47-41-39-43(40-42-47)61-64-62(52-30-11-10-27-48(52)51-33-20-38-59-60(51)54-32-15-19-37-58(54)68-59)66-63(65-61)53-31-14-18-36-57(53)67-55-34-16-12-28-49(55)50-29-13-17-35-56(50)67/h1-42H. The van der Waals surface area contributed by atoms with Crippen molar-refractivity contribution in [1.82, 2.24) is 19.5 Å². The Morgan fingerprint density at radius 3 is 1.36 bits per heavy atom. The second-order valence-corrected chi connectivity index (χ2v) is 21.3. The van der Waals surface area contributed by atoms with E-state index in [1.54, 1.807) is 0 Å². The molecular formula is C63H42N4OSi. The maximum absolute atomic E-state index is 6.40. The molecule has 0 aliphatic rings. The smallest absolute Gasteiger partial charge is 0.179 e. The molecule has 6 heteroatoms. The van der Waals surface area contributed by atoms with E-state index in [4.69, 9.17) is 19.4 Å². The van der Waals surface area contributed by atoms with Crippen molar-refractivity contribution >= 4 is 72.6 Å². The van der Waals surface area contributed by atoms with Crippen molar-refractivity contribution in [3.8, 4) is 51.0 Å². The largest absolute Gasteiger partial charge is 0.456 e. The second kappa shape index (κ2) is 16.7. The summed E-state index contributed by atoms with van der Waals surface area (Å²) in [6, 6.07) is 90.7. The van der Waals surface area contributed by atoms with Gasteiger partial charge < -0.3 is 8.98 Å². The van der Waals surface area contributed by atoms with E-state index in [0.29, 0.717) is 17.5 Å². The fourth-order valence-corrected chi connectivity index (χ4v) is 15.4. The normalized spacial score (nSPS) is 11.8. The fraction of sp³-hybridized carbons (Fsp3) is 0. The molecule has 0 unspecified atom stereocenters. The van der Waals surface area contributed by atoms with E-state index in [9.17, 15) is 0 Å². The summed E-state index contributed by atoms with van der Waals surface area (Å²) in [6.07, 6.45) is 0. The van der Waals surface area contributed by atoms with Gasteiger partial charge in [-0.1, -0.05) is 218 Å². The zero-order valence-electron chi connectivity index (χ0n) is 37.4. The summed E-state index contributed by atoms with van der Waals surface area (Å²) >= 11 is 0. The van der Waals surface area contributed by atoms with Gasteiger partial charge in [0.15, 0.2) is 25.5 Å². The van der Waals surface area contributed by atoms with Crippen molar-refractivity contribution in [2.24, 2.45) is 0 Å². The van der Waals surface area contributed by atoms with Gasteiger partial charge in [-0.3, -0.25) is 0 Å². The Kier molecular flexibility index (Phi) is 9.77. The molecule has 0 saturated heterocycles. The fourth-order valence-electron chi connectivity index (χ4n) is 10.6. The molecule has 0 saturated carbocycles. The average Bonchev–Trinajstić information content (AvgIpc) is 3.98. The zero-order valence-corrected chi connectivity index (χ0v) is 38.4. The van der Waals surface area contributed by atoms with Crippen molar-refractivity contribution in [3.05, 3.63) is 255 Å². The van der Waals surface area contributed by atoms with Crippen LogP contribution in [0.2, 0.25) is 0 Å². The lowest BCUT2D eigenvalue weighted by atomic mass is 9.95. The Labute approximate surface area is 400 Å². The molecule has 0 N–H and O–H groups in total.